The summed E-state index contributed by atoms with van der Waals surface area (Å²) < 4.78 is 2.03. The number of aryl methyl sites for hydroxylation is 1. The van der Waals surface area contributed by atoms with E-state index in [9.17, 15) is 4.79 Å². The van der Waals surface area contributed by atoms with Gasteiger partial charge >= 0.3 is 0 Å². The summed E-state index contributed by atoms with van der Waals surface area (Å²) in [5.74, 6) is 0.0487. The normalized spacial score (nSPS) is 15.7. The number of likely N-dealkylation sites (tertiary alicyclic amines) is 1. The maximum absolute atomic E-state index is 12.7. The first-order chi connectivity index (χ1) is 11.2. The van der Waals surface area contributed by atoms with E-state index in [2.05, 4.69) is 17.1 Å². The number of hydrogen-bond acceptors (Lipinski definition) is 3. The third-order valence-corrected chi connectivity index (χ3v) is 5.82. The van der Waals surface area contributed by atoms with Crippen LogP contribution in [-0.2, 0) is 0 Å². The molecule has 3 heterocycles. The fourth-order valence-electron chi connectivity index (χ4n) is 3.13. The number of hydrogen-bond donors (Lipinski definition) is 1. The second-order valence-electron chi connectivity index (χ2n) is 6.21. The van der Waals surface area contributed by atoms with Crippen LogP contribution >= 0.6 is 11.3 Å². The Balaban J connectivity index is 1.67. The molecule has 4 nitrogen and oxygen atoms in total. The van der Waals surface area contributed by atoms with Gasteiger partial charge in [0.15, 0.2) is 0 Å². The molecule has 3 rings (SSSR count). The van der Waals surface area contributed by atoms with Gasteiger partial charge in [0.1, 0.15) is 5.00 Å². The zero-order chi connectivity index (χ0) is 16.2. The summed E-state index contributed by atoms with van der Waals surface area (Å²) >= 11 is 1.68. The predicted octanol–water partition coefficient (Wildman–Crippen LogP) is 3.37. The van der Waals surface area contributed by atoms with Crippen LogP contribution in [0.25, 0.3) is 5.00 Å². The Kier molecular flexibility index (Phi) is 5.18. The molecule has 23 heavy (non-hydrogen) atoms. The molecule has 0 aliphatic carbocycles. The maximum Gasteiger partial charge on any atom is 0.254 e. The summed E-state index contributed by atoms with van der Waals surface area (Å²) in [7, 11) is 0. The van der Waals surface area contributed by atoms with E-state index < -0.39 is 0 Å². The molecule has 2 aromatic rings. The maximum atomic E-state index is 12.7. The highest BCUT2D eigenvalue weighted by Gasteiger charge is 2.20. The molecule has 1 saturated heterocycles. The minimum atomic E-state index is 0.0487. The second-order valence-corrected chi connectivity index (χ2v) is 7.42. The van der Waals surface area contributed by atoms with Crippen LogP contribution in [0, 0.1) is 13.8 Å². The average molecular weight is 331 g/mol. The summed E-state index contributed by atoms with van der Waals surface area (Å²) in [5, 5.41) is 4.13. The lowest BCUT2D eigenvalue weighted by atomic mass is 10.1. The van der Waals surface area contributed by atoms with Crippen LogP contribution in [0.5, 0.6) is 0 Å². The number of piperidine rings is 1. The summed E-state index contributed by atoms with van der Waals surface area (Å²) in [6, 6.07) is 3.98. The van der Waals surface area contributed by atoms with Crippen molar-refractivity contribution in [2.75, 3.05) is 26.2 Å². The van der Waals surface area contributed by atoms with Crippen molar-refractivity contribution in [1.29, 1.82) is 0 Å². The van der Waals surface area contributed by atoms with Crippen molar-refractivity contribution in [2.45, 2.75) is 33.1 Å². The van der Waals surface area contributed by atoms with Crippen LogP contribution in [0.1, 0.15) is 40.1 Å². The number of thiophene rings is 1. The van der Waals surface area contributed by atoms with E-state index in [0.29, 0.717) is 0 Å². The smallest absolute Gasteiger partial charge is 0.254 e. The van der Waals surface area contributed by atoms with Gasteiger partial charge in [-0.25, -0.2) is 0 Å². The summed E-state index contributed by atoms with van der Waals surface area (Å²) in [6.45, 7) is 8.13. The van der Waals surface area contributed by atoms with Crippen LogP contribution in [0.4, 0.5) is 0 Å². The molecule has 0 bridgehead atoms. The highest BCUT2D eigenvalue weighted by molar-refractivity contribution is 7.15. The molecule has 2 aromatic heterocycles. The van der Waals surface area contributed by atoms with Crippen molar-refractivity contribution in [2.24, 2.45) is 0 Å². The SMILES string of the molecule is Cc1sc(-n2cccc2)c(C(=O)NCCN2CCCCC2)c1C. The largest absolute Gasteiger partial charge is 0.351 e. The Labute approximate surface area is 142 Å². The fraction of sp³-hybridized carbons (Fsp3) is 0.500. The van der Waals surface area contributed by atoms with Crippen molar-refractivity contribution < 1.29 is 4.79 Å². The van der Waals surface area contributed by atoms with Gasteiger partial charge in [-0.3, -0.25) is 4.79 Å². The van der Waals surface area contributed by atoms with Crippen molar-refractivity contribution in [1.82, 2.24) is 14.8 Å². The van der Waals surface area contributed by atoms with Crippen molar-refractivity contribution in [3.8, 4) is 5.00 Å². The third kappa shape index (κ3) is 3.67. The van der Waals surface area contributed by atoms with Crippen molar-refractivity contribution in [3.05, 3.63) is 40.5 Å². The van der Waals surface area contributed by atoms with Gasteiger partial charge in [-0.05, 0) is 57.5 Å². The molecule has 0 unspecified atom stereocenters. The number of nitrogens with one attached hydrogen (secondary N) is 1. The van der Waals surface area contributed by atoms with Crippen LogP contribution in [0.15, 0.2) is 24.5 Å². The van der Waals surface area contributed by atoms with E-state index >= 15 is 0 Å². The van der Waals surface area contributed by atoms with Crippen LogP contribution < -0.4 is 5.32 Å². The number of amides is 1. The summed E-state index contributed by atoms with van der Waals surface area (Å²) in [5.41, 5.74) is 1.91. The molecule has 1 aliphatic rings. The number of carbonyl (C=O) groups excluding carboxylic acids is 1. The van der Waals surface area contributed by atoms with Gasteiger partial charge in [-0.1, -0.05) is 6.42 Å². The number of carbonyl (C=O) groups is 1. The zero-order valence-electron chi connectivity index (χ0n) is 14.0. The third-order valence-electron chi connectivity index (χ3n) is 4.60. The molecule has 1 N–H and O–H groups in total. The molecule has 5 heteroatoms. The lowest BCUT2D eigenvalue weighted by molar-refractivity contribution is 0.0946. The minimum Gasteiger partial charge on any atom is -0.351 e. The molecule has 0 spiro atoms. The van der Waals surface area contributed by atoms with Gasteiger partial charge in [0.2, 0.25) is 0 Å². The highest BCUT2D eigenvalue weighted by atomic mass is 32.1. The van der Waals surface area contributed by atoms with E-state index in [1.807, 2.05) is 36.0 Å². The topological polar surface area (TPSA) is 37.3 Å². The van der Waals surface area contributed by atoms with Crippen LogP contribution in [-0.4, -0.2) is 41.6 Å². The standard InChI is InChI=1S/C18H25N3OS/c1-14-15(2)23-18(21-11-6-7-12-21)16(14)17(22)19-8-13-20-9-4-3-5-10-20/h6-7,11-12H,3-5,8-10,13H2,1-2H3,(H,19,22). The van der Waals surface area contributed by atoms with Gasteiger partial charge in [0, 0.05) is 30.4 Å². The first-order valence-corrected chi connectivity index (χ1v) is 9.22. The van der Waals surface area contributed by atoms with Crippen LogP contribution in [0.2, 0.25) is 0 Å². The number of aromatic nitrogens is 1. The van der Waals surface area contributed by atoms with Gasteiger partial charge < -0.3 is 14.8 Å². The Morgan fingerprint density at radius 2 is 1.87 bits per heavy atom. The van der Waals surface area contributed by atoms with Gasteiger partial charge in [0.25, 0.3) is 5.91 Å². The molecular formula is C18H25N3OS. The fourth-order valence-corrected chi connectivity index (χ4v) is 4.25. The second kappa shape index (κ2) is 7.32. The van der Waals surface area contributed by atoms with E-state index in [-0.39, 0.29) is 5.91 Å². The molecule has 0 saturated carbocycles. The Morgan fingerprint density at radius 1 is 1.17 bits per heavy atom. The molecular weight excluding hydrogens is 306 g/mol. The van der Waals surface area contributed by atoms with Gasteiger partial charge in [-0.2, -0.15) is 0 Å². The van der Waals surface area contributed by atoms with Gasteiger partial charge in [0.05, 0.1) is 5.56 Å². The lowest BCUT2D eigenvalue weighted by Crippen LogP contribution is -2.37. The highest BCUT2D eigenvalue weighted by Crippen LogP contribution is 2.30. The summed E-state index contributed by atoms with van der Waals surface area (Å²) in [4.78, 5) is 16.4. The first-order valence-electron chi connectivity index (χ1n) is 8.40. The molecule has 0 radical (unpaired) electrons. The van der Waals surface area contributed by atoms with E-state index in [0.717, 1.165) is 29.2 Å². The summed E-state index contributed by atoms with van der Waals surface area (Å²) in [6.07, 6.45) is 7.91. The predicted molar refractivity (Wildman–Crippen MR) is 95.7 cm³/mol. The van der Waals surface area contributed by atoms with Crippen LogP contribution in [0.3, 0.4) is 0 Å². The first kappa shape index (κ1) is 16.3. The average Bonchev–Trinajstić information content (AvgIpc) is 3.17. The van der Waals surface area contributed by atoms with E-state index in [1.54, 1.807) is 11.3 Å². The molecule has 0 aromatic carbocycles. The lowest BCUT2D eigenvalue weighted by Gasteiger charge is -2.26. The molecule has 124 valence electrons. The molecule has 1 aliphatic heterocycles. The number of nitrogens with zero attached hydrogens (tertiary/aromatic N) is 2. The number of rotatable bonds is 5. The van der Waals surface area contributed by atoms with E-state index in [1.165, 1.54) is 37.2 Å². The molecule has 1 amide bonds. The van der Waals surface area contributed by atoms with Crippen molar-refractivity contribution >= 4 is 17.2 Å². The zero-order valence-corrected chi connectivity index (χ0v) is 14.8. The van der Waals surface area contributed by atoms with E-state index in [4.69, 9.17) is 0 Å². The van der Waals surface area contributed by atoms with Gasteiger partial charge in [-0.15, -0.1) is 11.3 Å². The Bertz CT molecular complexity index is 654. The molecule has 1 fully saturated rings. The quantitative estimate of drug-likeness (QED) is 0.912. The monoisotopic (exact) mass is 331 g/mol. The molecule has 0 atom stereocenters. The van der Waals surface area contributed by atoms with Crippen molar-refractivity contribution in [3.63, 3.8) is 0 Å². The Morgan fingerprint density at radius 3 is 2.57 bits per heavy atom. The minimum absolute atomic E-state index is 0.0487. The Hall–Kier alpha value is -1.59.